The highest BCUT2D eigenvalue weighted by atomic mass is 32.1. The van der Waals surface area contributed by atoms with Crippen molar-refractivity contribution in [2.45, 2.75) is 58.8 Å². The quantitative estimate of drug-likeness (QED) is 0.251. The number of nitrogens with one attached hydrogen (secondary N) is 2. The maximum atomic E-state index is 13.2. The molecule has 2 aromatic heterocycles. The molecule has 1 aliphatic rings. The smallest absolute Gasteiger partial charge is 0.273 e. The summed E-state index contributed by atoms with van der Waals surface area (Å²) in [6, 6.07) is 12.0. The minimum Gasteiger partial charge on any atom is -0.496 e. The van der Waals surface area contributed by atoms with Crippen LogP contribution >= 0.6 is 11.3 Å². The normalized spacial score (nSPS) is 14.2. The van der Waals surface area contributed by atoms with E-state index in [9.17, 15) is 4.79 Å². The van der Waals surface area contributed by atoms with Crippen LogP contribution in [-0.2, 0) is 6.42 Å². The van der Waals surface area contributed by atoms with Crippen LogP contribution in [-0.4, -0.2) is 30.1 Å². The summed E-state index contributed by atoms with van der Waals surface area (Å²) in [7, 11) is 3.36. The monoisotopic (exact) mass is 517 g/mol. The number of aromatic amines is 1. The average molecular weight is 518 g/mol. The summed E-state index contributed by atoms with van der Waals surface area (Å²) in [6.45, 7) is 4.05. The molecular formula is C30H35N3O3S. The number of ether oxygens (including phenoxy) is 2. The molecule has 2 N–H and O–H groups in total. The van der Waals surface area contributed by atoms with Crippen LogP contribution in [0.15, 0.2) is 36.4 Å². The average Bonchev–Trinajstić information content (AvgIpc) is 3.51. The SMILES string of the molecule is COc1cc(-c2nc(NC(=O)c3cc4cc(C)ccc4[nH]3)sc2CCC2CCCCC2)c(OC)cc1C. The molecule has 0 spiro atoms. The van der Waals surface area contributed by atoms with Crippen LogP contribution in [0.1, 0.15) is 65.0 Å². The van der Waals surface area contributed by atoms with E-state index in [1.165, 1.54) is 32.1 Å². The zero-order valence-electron chi connectivity index (χ0n) is 22.1. The molecular weight excluding hydrogens is 482 g/mol. The summed E-state index contributed by atoms with van der Waals surface area (Å²) < 4.78 is 11.4. The van der Waals surface area contributed by atoms with Crippen molar-refractivity contribution in [3.05, 3.63) is 58.1 Å². The van der Waals surface area contributed by atoms with Crippen LogP contribution in [0.5, 0.6) is 11.5 Å². The second-order valence-electron chi connectivity index (χ2n) is 10.1. The first-order valence-electron chi connectivity index (χ1n) is 13.1. The molecule has 6 nitrogen and oxygen atoms in total. The molecule has 4 aromatic rings. The van der Waals surface area contributed by atoms with Gasteiger partial charge in [-0.05, 0) is 68.5 Å². The molecule has 1 saturated carbocycles. The Labute approximate surface area is 222 Å². The molecule has 37 heavy (non-hydrogen) atoms. The zero-order chi connectivity index (χ0) is 25.9. The van der Waals surface area contributed by atoms with E-state index in [2.05, 4.69) is 16.4 Å². The fraction of sp³-hybridized carbons (Fsp3) is 0.400. The third-order valence-corrected chi connectivity index (χ3v) is 8.45. The van der Waals surface area contributed by atoms with Gasteiger partial charge in [-0.25, -0.2) is 4.98 Å². The molecule has 0 saturated heterocycles. The number of benzene rings is 2. The Morgan fingerprint density at radius 1 is 1.05 bits per heavy atom. The van der Waals surface area contributed by atoms with Gasteiger partial charge in [0.2, 0.25) is 0 Å². The zero-order valence-corrected chi connectivity index (χ0v) is 22.9. The molecule has 194 valence electrons. The van der Waals surface area contributed by atoms with Gasteiger partial charge < -0.3 is 14.5 Å². The number of thiazole rings is 1. The molecule has 1 amide bonds. The summed E-state index contributed by atoms with van der Waals surface area (Å²) in [6.07, 6.45) is 8.68. The van der Waals surface area contributed by atoms with Gasteiger partial charge in [-0.3, -0.25) is 10.1 Å². The van der Waals surface area contributed by atoms with Crippen molar-refractivity contribution in [3.8, 4) is 22.8 Å². The van der Waals surface area contributed by atoms with Crippen molar-refractivity contribution >= 4 is 33.3 Å². The van der Waals surface area contributed by atoms with Crippen LogP contribution < -0.4 is 14.8 Å². The summed E-state index contributed by atoms with van der Waals surface area (Å²) in [5.74, 6) is 2.11. The van der Waals surface area contributed by atoms with Gasteiger partial charge in [0, 0.05) is 21.3 Å². The standard InChI is InChI=1S/C30H35N3O3S/c1-18-10-12-23-21(14-18)16-24(31-23)29(34)33-30-32-28(22-17-25(35-3)19(2)15-26(22)36-4)27(37-30)13-11-20-8-6-5-7-9-20/h10,12,14-17,20,31H,5-9,11,13H2,1-4H3,(H,32,33,34). The van der Waals surface area contributed by atoms with Gasteiger partial charge in [0.05, 0.1) is 19.9 Å². The molecule has 0 bridgehead atoms. The molecule has 1 fully saturated rings. The van der Waals surface area contributed by atoms with E-state index in [4.69, 9.17) is 14.5 Å². The number of fused-ring (bicyclic) bond motifs is 1. The fourth-order valence-corrected chi connectivity index (χ4v) is 6.36. The van der Waals surface area contributed by atoms with Crippen LogP contribution in [0.4, 0.5) is 5.13 Å². The summed E-state index contributed by atoms with van der Waals surface area (Å²) >= 11 is 1.56. The molecule has 0 aliphatic heterocycles. The number of carbonyl (C=O) groups is 1. The lowest BCUT2D eigenvalue weighted by Crippen LogP contribution is -2.11. The molecule has 1 aliphatic carbocycles. The third kappa shape index (κ3) is 5.52. The number of carbonyl (C=O) groups excluding carboxylic acids is 1. The number of aromatic nitrogens is 2. The predicted octanol–water partition coefficient (Wildman–Crippen LogP) is 7.69. The van der Waals surface area contributed by atoms with Crippen molar-refractivity contribution in [2.24, 2.45) is 5.92 Å². The van der Waals surface area contributed by atoms with Gasteiger partial charge in [-0.15, -0.1) is 11.3 Å². The first-order chi connectivity index (χ1) is 17.9. The van der Waals surface area contributed by atoms with E-state index in [0.717, 1.165) is 68.4 Å². The van der Waals surface area contributed by atoms with Gasteiger partial charge in [0.25, 0.3) is 5.91 Å². The first-order valence-corrected chi connectivity index (χ1v) is 13.9. The number of nitrogens with zero attached hydrogens (tertiary/aromatic N) is 1. The number of amides is 1. The summed E-state index contributed by atoms with van der Waals surface area (Å²) in [5.41, 5.74) is 5.38. The molecule has 0 unspecified atom stereocenters. The van der Waals surface area contributed by atoms with Crippen molar-refractivity contribution in [3.63, 3.8) is 0 Å². The number of aryl methyl sites for hydroxylation is 3. The highest BCUT2D eigenvalue weighted by Crippen LogP contribution is 2.41. The minimum atomic E-state index is -0.193. The third-order valence-electron chi connectivity index (χ3n) is 7.42. The topological polar surface area (TPSA) is 76.2 Å². The molecule has 0 atom stereocenters. The van der Waals surface area contributed by atoms with Gasteiger partial charge in [0.1, 0.15) is 17.2 Å². The Morgan fingerprint density at radius 3 is 2.59 bits per heavy atom. The van der Waals surface area contributed by atoms with Crippen molar-refractivity contribution in [2.75, 3.05) is 19.5 Å². The Bertz CT molecular complexity index is 1420. The Balaban J connectivity index is 1.47. The Kier molecular flexibility index (Phi) is 7.51. The lowest BCUT2D eigenvalue weighted by atomic mass is 9.86. The van der Waals surface area contributed by atoms with E-state index in [1.54, 1.807) is 25.6 Å². The van der Waals surface area contributed by atoms with Crippen LogP contribution in [0, 0.1) is 19.8 Å². The van der Waals surface area contributed by atoms with E-state index >= 15 is 0 Å². The van der Waals surface area contributed by atoms with Gasteiger partial charge in [-0.1, -0.05) is 43.7 Å². The second kappa shape index (κ2) is 11.0. The highest BCUT2D eigenvalue weighted by Gasteiger charge is 2.22. The van der Waals surface area contributed by atoms with Crippen molar-refractivity contribution in [1.82, 2.24) is 9.97 Å². The number of rotatable bonds is 8. The Hall–Kier alpha value is -3.32. The van der Waals surface area contributed by atoms with Gasteiger partial charge in [-0.2, -0.15) is 0 Å². The summed E-state index contributed by atoms with van der Waals surface area (Å²) in [4.78, 5) is 22.5. The van der Waals surface area contributed by atoms with Crippen molar-refractivity contribution < 1.29 is 14.3 Å². The number of anilines is 1. The van der Waals surface area contributed by atoms with Gasteiger partial charge >= 0.3 is 0 Å². The number of hydrogen-bond donors (Lipinski definition) is 2. The van der Waals surface area contributed by atoms with E-state index in [-0.39, 0.29) is 5.91 Å². The highest BCUT2D eigenvalue weighted by molar-refractivity contribution is 7.16. The van der Waals surface area contributed by atoms with Crippen LogP contribution in [0.2, 0.25) is 0 Å². The van der Waals surface area contributed by atoms with E-state index in [0.29, 0.717) is 10.8 Å². The molecule has 5 rings (SSSR count). The number of H-pyrrole nitrogens is 1. The summed E-state index contributed by atoms with van der Waals surface area (Å²) in [5, 5.41) is 4.66. The first kappa shape index (κ1) is 25.3. The predicted molar refractivity (Wildman–Crippen MR) is 151 cm³/mol. The number of methoxy groups -OCH3 is 2. The van der Waals surface area contributed by atoms with E-state index < -0.39 is 0 Å². The Morgan fingerprint density at radius 2 is 1.84 bits per heavy atom. The van der Waals surface area contributed by atoms with Gasteiger partial charge in [0.15, 0.2) is 5.13 Å². The number of hydrogen-bond acceptors (Lipinski definition) is 5. The van der Waals surface area contributed by atoms with Crippen molar-refractivity contribution in [1.29, 1.82) is 0 Å². The lowest BCUT2D eigenvalue weighted by Gasteiger charge is -2.21. The maximum Gasteiger partial charge on any atom is 0.273 e. The van der Waals surface area contributed by atoms with Crippen LogP contribution in [0.3, 0.4) is 0 Å². The molecule has 7 heteroatoms. The second-order valence-corrected chi connectivity index (χ2v) is 11.2. The fourth-order valence-electron chi connectivity index (χ4n) is 5.37. The largest absolute Gasteiger partial charge is 0.496 e. The van der Waals surface area contributed by atoms with Crippen LogP contribution in [0.25, 0.3) is 22.2 Å². The lowest BCUT2D eigenvalue weighted by molar-refractivity contribution is 0.102. The molecule has 2 heterocycles. The van der Waals surface area contributed by atoms with E-state index in [1.807, 2.05) is 44.2 Å². The molecule has 2 aromatic carbocycles. The molecule has 0 radical (unpaired) electrons. The minimum absolute atomic E-state index is 0.193. The maximum absolute atomic E-state index is 13.2.